The molecule has 2 aromatic rings. The first-order chi connectivity index (χ1) is 8.66. The number of hydrogen-bond acceptors (Lipinski definition) is 3. The van der Waals surface area contributed by atoms with E-state index in [0.29, 0.717) is 5.92 Å². The Morgan fingerprint density at radius 1 is 1.22 bits per heavy atom. The third-order valence-corrected chi connectivity index (χ3v) is 4.88. The molecule has 0 amide bonds. The van der Waals surface area contributed by atoms with Gasteiger partial charge in [-0.05, 0) is 55.3 Å². The van der Waals surface area contributed by atoms with Crippen LogP contribution in [0.4, 0.5) is 0 Å². The lowest BCUT2D eigenvalue weighted by Crippen LogP contribution is -2.21. The highest BCUT2D eigenvalue weighted by Crippen LogP contribution is 2.36. The van der Waals surface area contributed by atoms with E-state index in [9.17, 15) is 0 Å². The van der Waals surface area contributed by atoms with Crippen LogP contribution in [-0.2, 0) is 6.42 Å². The Hall–Kier alpha value is -1.48. The van der Waals surface area contributed by atoms with Crippen molar-refractivity contribution in [2.24, 2.45) is 0 Å². The Kier molecular flexibility index (Phi) is 2.78. The average molecular weight is 256 g/mol. The van der Waals surface area contributed by atoms with Crippen LogP contribution in [0.1, 0.15) is 39.6 Å². The predicted molar refractivity (Wildman–Crippen MR) is 75.9 cm³/mol. The van der Waals surface area contributed by atoms with Crippen molar-refractivity contribution in [1.29, 1.82) is 5.41 Å². The minimum Gasteiger partial charge on any atom is -0.305 e. The Bertz CT molecular complexity index is 613. The fourth-order valence-electron chi connectivity index (χ4n) is 2.82. The molecular weight excluding hydrogens is 240 g/mol. The van der Waals surface area contributed by atoms with Gasteiger partial charge in [0.25, 0.3) is 0 Å². The van der Waals surface area contributed by atoms with Crippen molar-refractivity contribution in [3.63, 3.8) is 0 Å². The molecule has 0 aliphatic heterocycles. The minimum atomic E-state index is 0.444. The van der Waals surface area contributed by atoms with E-state index in [1.807, 2.05) is 23.6 Å². The molecule has 2 heterocycles. The number of rotatable bonds is 1. The summed E-state index contributed by atoms with van der Waals surface area (Å²) in [6.07, 6.45) is 3.69. The summed E-state index contributed by atoms with van der Waals surface area (Å²) >= 11 is 1.81. The van der Waals surface area contributed by atoms with Crippen LogP contribution in [0.25, 0.3) is 0 Å². The van der Waals surface area contributed by atoms with Gasteiger partial charge < -0.3 is 5.41 Å². The third-order valence-electron chi connectivity index (χ3n) is 3.70. The summed E-state index contributed by atoms with van der Waals surface area (Å²) < 4.78 is 0. The monoisotopic (exact) mass is 256 g/mol. The molecular formula is C15H16N2S. The lowest BCUT2D eigenvalue weighted by Gasteiger charge is -2.25. The van der Waals surface area contributed by atoms with Gasteiger partial charge in [0.05, 0.1) is 5.69 Å². The fourth-order valence-corrected chi connectivity index (χ4v) is 3.86. The molecule has 0 saturated carbocycles. The Morgan fingerprint density at radius 2 is 2.06 bits per heavy atom. The quantitative estimate of drug-likeness (QED) is 0.826. The van der Waals surface area contributed by atoms with Gasteiger partial charge in [-0.2, -0.15) is 0 Å². The van der Waals surface area contributed by atoms with E-state index in [4.69, 9.17) is 5.41 Å². The molecule has 18 heavy (non-hydrogen) atoms. The van der Waals surface area contributed by atoms with Crippen molar-refractivity contribution in [3.8, 4) is 0 Å². The molecule has 3 rings (SSSR count). The Labute approximate surface area is 111 Å². The molecule has 1 aliphatic rings. The molecule has 1 N–H and O–H groups in total. The molecule has 0 saturated heterocycles. The molecule has 0 aromatic carbocycles. The molecule has 0 radical (unpaired) electrons. The van der Waals surface area contributed by atoms with Crippen LogP contribution in [0.15, 0.2) is 23.7 Å². The van der Waals surface area contributed by atoms with Gasteiger partial charge in [0.1, 0.15) is 0 Å². The molecule has 1 aliphatic carbocycles. The van der Waals surface area contributed by atoms with Crippen LogP contribution in [-0.4, -0.2) is 10.7 Å². The summed E-state index contributed by atoms with van der Waals surface area (Å²) in [5, 5.41) is 10.4. The van der Waals surface area contributed by atoms with Crippen molar-refractivity contribution >= 4 is 17.0 Å². The number of thiophene rings is 1. The van der Waals surface area contributed by atoms with Gasteiger partial charge in [-0.25, -0.2) is 0 Å². The highest BCUT2D eigenvalue weighted by atomic mass is 32.1. The van der Waals surface area contributed by atoms with Gasteiger partial charge in [0, 0.05) is 28.3 Å². The predicted octanol–water partition coefficient (Wildman–Crippen LogP) is 3.86. The van der Waals surface area contributed by atoms with Crippen LogP contribution in [0.2, 0.25) is 0 Å². The Balaban J connectivity index is 2.02. The molecule has 1 atom stereocenters. The first kappa shape index (κ1) is 11.6. The van der Waals surface area contributed by atoms with Crippen molar-refractivity contribution in [2.45, 2.75) is 32.6 Å². The van der Waals surface area contributed by atoms with Gasteiger partial charge in [-0.15, -0.1) is 11.3 Å². The number of fused-ring (bicyclic) bond motifs is 1. The summed E-state index contributed by atoms with van der Waals surface area (Å²) in [5.74, 6) is 0.444. The number of nitrogens with one attached hydrogen (secondary N) is 1. The maximum absolute atomic E-state index is 8.28. The molecule has 2 nitrogen and oxygen atoms in total. The zero-order valence-corrected chi connectivity index (χ0v) is 11.5. The van der Waals surface area contributed by atoms with Gasteiger partial charge in [0.15, 0.2) is 0 Å². The SMILES string of the molecule is Cc1ccsc1C1CC(=N)c2c(C)ccnc2C1. The van der Waals surface area contributed by atoms with Gasteiger partial charge in [-0.3, -0.25) is 4.98 Å². The number of pyridine rings is 1. The first-order valence-electron chi connectivity index (χ1n) is 6.23. The van der Waals surface area contributed by atoms with Crippen molar-refractivity contribution in [2.75, 3.05) is 0 Å². The number of aromatic nitrogens is 1. The van der Waals surface area contributed by atoms with E-state index in [2.05, 4.69) is 30.3 Å². The molecule has 0 fully saturated rings. The van der Waals surface area contributed by atoms with E-state index < -0.39 is 0 Å². The van der Waals surface area contributed by atoms with Crippen molar-refractivity contribution in [1.82, 2.24) is 4.98 Å². The van der Waals surface area contributed by atoms with Crippen LogP contribution >= 0.6 is 11.3 Å². The Morgan fingerprint density at radius 3 is 2.78 bits per heavy atom. The third kappa shape index (κ3) is 1.79. The van der Waals surface area contributed by atoms with Gasteiger partial charge in [0.2, 0.25) is 0 Å². The average Bonchev–Trinajstić information content (AvgIpc) is 2.75. The molecule has 3 heteroatoms. The number of hydrogen-bond donors (Lipinski definition) is 1. The van der Waals surface area contributed by atoms with E-state index >= 15 is 0 Å². The second-order valence-corrected chi connectivity index (χ2v) is 5.95. The summed E-state index contributed by atoms with van der Waals surface area (Å²) in [6, 6.07) is 4.17. The topological polar surface area (TPSA) is 36.7 Å². The molecule has 0 bridgehead atoms. The fraction of sp³-hybridized carbons (Fsp3) is 0.333. The smallest absolute Gasteiger partial charge is 0.0503 e. The minimum absolute atomic E-state index is 0.444. The summed E-state index contributed by atoms with van der Waals surface area (Å²) in [6.45, 7) is 4.24. The van der Waals surface area contributed by atoms with Crippen molar-refractivity contribution < 1.29 is 0 Å². The largest absolute Gasteiger partial charge is 0.305 e. The second kappa shape index (κ2) is 4.32. The maximum Gasteiger partial charge on any atom is 0.0503 e. The van der Waals surface area contributed by atoms with E-state index in [1.165, 1.54) is 16.0 Å². The zero-order valence-electron chi connectivity index (χ0n) is 10.7. The zero-order chi connectivity index (χ0) is 12.7. The summed E-state index contributed by atoms with van der Waals surface area (Å²) in [4.78, 5) is 5.91. The van der Waals surface area contributed by atoms with Crippen LogP contribution in [0, 0.1) is 19.3 Å². The van der Waals surface area contributed by atoms with E-state index in [-0.39, 0.29) is 0 Å². The number of nitrogens with zero attached hydrogens (tertiary/aromatic N) is 1. The second-order valence-electron chi connectivity index (χ2n) is 5.00. The molecule has 0 spiro atoms. The van der Waals surface area contributed by atoms with E-state index in [0.717, 1.165) is 29.8 Å². The highest BCUT2D eigenvalue weighted by Gasteiger charge is 2.27. The summed E-state index contributed by atoms with van der Waals surface area (Å²) in [7, 11) is 0. The van der Waals surface area contributed by atoms with Crippen LogP contribution < -0.4 is 0 Å². The van der Waals surface area contributed by atoms with Crippen LogP contribution in [0.5, 0.6) is 0 Å². The number of aryl methyl sites for hydroxylation is 2. The maximum atomic E-state index is 8.28. The van der Waals surface area contributed by atoms with Gasteiger partial charge >= 0.3 is 0 Å². The van der Waals surface area contributed by atoms with E-state index in [1.54, 1.807) is 0 Å². The van der Waals surface area contributed by atoms with Crippen LogP contribution in [0.3, 0.4) is 0 Å². The lowest BCUT2D eigenvalue weighted by atomic mass is 9.82. The molecule has 2 aromatic heterocycles. The molecule has 1 unspecified atom stereocenters. The molecule has 92 valence electrons. The highest BCUT2D eigenvalue weighted by molar-refractivity contribution is 7.10. The normalized spacial score (nSPS) is 18.8. The summed E-state index contributed by atoms with van der Waals surface area (Å²) in [5.41, 5.74) is 5.48. The first-order valence-corrected chi connectivity index (χ1v) is 7.11. The van der Waals surface area contributed by atoms with Crippen molar-refractivity contribution in [3.05, 3.63) is 51.0 Å². The lowest BCUT2D eigenvalue weighted by molar-refractivity contribution is 0.685. The van der Waals surface area contributed by atoms with Gasteiger partial charge in [-0.1, -0.05) is 0 Å². The standard InChI is InChI=1S/C15H16N2S/c1-9-3-5-17-13-8-11(7-12(16)14(9)13)15-10(2)4-6-18-15/h3-6,11,16H,7-8H2,1-2H3.